The van der Waals surface area contributed by atoms with Gasteiger partial charge in [0.05, 0.1) is 12.3 Å². The number of esters is 1. The first-order chi connectivity index (χ1) is 13.4. The number of carbonyl (C=O) groups is 2. The Morgan fingerprint density at radius 2 is 1.82 bits per heavy atom. The summed E-state index contributed by atoms with van der Waals surface area (Å²) < 4.78 is 29.7. The number of ether oxygens (including phenoxy) is 3. The van der Waals surface area contributed by atoms with E-state index in [1.807, 2.05) is 6.92 Å². The third-order valence-corrected chi connectivity index (χ3v) is 3.76. The number of amides is 1. The van der Waals surface area contributed by atoms with E-state index < -0.39 is 30.4 Å². The molecule has 0 spiro atoms. The molecule has 150 valence electrons. The fraction of sp³-hybridized carbons (Fsp3) is 0.300. The molecule has 2 aromatic carbocycles. The monoisotopic (exact) mass is 409 g/mol. The van der Waals surface area contributed by atoms with E-state index in [4.69, 9.17) is 25.8 Å². The normalized spacial score (nSPS) is 11.4. The minimum atomic E-state index is -1.14. The fourth-order valence-electron chi connectivity index (χ4n) is 2.15. The van der Waals surface area contributed by atoms with Gasteiger partial charge in [0.25, 0.3) is 5.91 Å². The predicted molar refractivity (Wildman–Crippen MR) is 103 cm³/mol. The molecule has 0 bridgehead atoms. The van der Waals surface area contributed by atoms with Gasteiger partial charge in [0.2, 0.25) is 0 Å². The van der Waals surface area contributed by atoms with Crippen molar-refractivity contribution in [3.63, 3.8) is 0 Å². The van der Waals surface area contributed by atoms with E-state index in [2.05, 4.69) is 5.32 Å². The number of para-hydroxylation sites is 2. The number of carbonyl (C=O) groups excluding carboxylic acids is 2. The molecule has 2 rings (SSSR count). The molecule has 1 amide bonds. The van der Waals surface area contributed by atoms with Gasteiger partial charge in [0.1, 0.15) is 5.82 Å². The Morgan fingerprint density at radius 1 is 1.14 bits per heavy atom. The van der Waals surface area contributed by atoms with E-state index in [0.29, 0.717) is 18.1 Å². The van der Waals surface area contributed by atoms with Gasteiger partial charge in [-0.15, -0.1) is 0 Å². The van der Waals surface area contributed by atoms with Crippen LogP contribution in [0.2, 0.25) is 5.02 Å². The first kappa shape index (κ1) is 21.5. The number of hydrogen-bond donors (Lipinski definition) is 1. The molecule has 0 aliphatic rings. The Kier molecular flexibility index (Phi) is 8.07. The van der Waals surface area contributed by atoms with Crippen molar-refractivity contribution in [2.75, 3.05) is 18.5 Å². The fourth-order valence-corrected chi connectivity index (χ4v) is 2.31. The Labute approximate surface area is 167 Å². The number of nitrogens with one attached hydrogen (secondary N) is 1. The maximum atomic E-state index is 13.7. The van der Waals surface area contributed by atoms with Gasteiger partial charge >= 0.3 is 5.97 Å². The van der Waals surface area contributed by atoms with Crippen LogP contribution in [0.5, 0.6) is 11.5 Å². The minimum absolute atomic E-state index is 0.0597. The highest BCUT2D eigenvalue weighted by atomic mass is 35.5. The molecule has 6 nitrogen and oxygen atoms in total. The quantitative estimate of drug-likeness (QED) is 0.628. The van der Waals surface area contributed by atoms with Gasteiger partial charge < -0.3 is 19.5 Å². The summed E-state index contributed by atoms with van der Waals surface area (Å²) in [5.41, 5.74) is -0.0597. The van der Waals surface area contributed by atoms with Crippen molar-refractivity contribution in [3.05, 3.63) is 53.3 Å². The molecule has 0 unspecified atom stereocenters. The van der Waals surface area contributed by atoms with E-state index in [1.54, 1.807) is 24.3 Å². The van der Waals surface area contributed by atoms with Crippen LogP contribution >= 0.6 is 11.6 Å². The lowest BCUT2D eigenvalue weighted by Crippen LogP contribution is -2.32. The average molecular weight is 410 g/mol. The summed E-state index contributed by atoms with van der Waals surface area (Å²) in [6.45, 7) is 3.46. The van der Waals surface area contributed by atoms with Crippen LogP contribution in [0.4, 0.5) is 10.1 Å². The maximum absolute atomic E-state index is 13.7. The topological polar surface area (TPSA) is 73.9 Å². The molecule has 2 aromatic rings. The van der Waals surface area contributed by atoms with Crippen LogP contribution < -0.4 is 14.8 Å². The number of hydrogen-bond acceptors (Lipinski definition) is 5. The van der Waals surface area contributed by atoms with Gasteiger partial charge in [-0.2, -0.15) is 0 Å². The largest absolute Gasteiger partial charge is 0.490 e. The smallest absolute Gasteiger partial charge is 0.344 e. The zero-order valence-electron chi connectivity index (χ0n) is 15.5. The Bertz CT molecular complexity index is 830. The maximum Gasteiger partial charge on any atom is 0.344 e. The zero-order chi connectivity index (χ0) is 20.5. The molecule has 0 aliphatic carbocycles. The molecule has 1 N–H and O–H groups in total. The van der Waals surface area contributed by atoms with Crippen LogP contribution in [-0.4, -0.2) is 31.2 Å². The van der Waals surface area contributed by atoms with E-state index in [-0.39, 0.29) is 10.7 Å². The molecule has 0 saturated heterocycles. The highest BCUT2D eigenvalue weighted by Gasteiger charge is 2.20. The lowest BCUT2D eigenvalue weighted by atomic mass is 10.3. The summed E-state index contributed by atoms with van der Waals surface area (Å²) in [6.07, 6.45) is -0.310. The second kappa shape index (κ2) is 10.5. The third-order valence-electron chi connectivity index (χ3n) is 3.52. The third kappa shape index (κ3) is 6.42. The van der Waals surface area contributed by atoms with Crippen LogP contribution in [0.25, 0.3) is 0 Å². The lowest BCUT2D eigenvalue weighted by Gasteiger charge is -2.15. The molecule has 0 aliphatic heterocycles. The summed E-state index contributed by atoms with van der Waals surface area (Å²) >= 11 is 5.66. The van der Waals surface area contributed by atoms with Gasteiger partial charge in [0, 0.05) is 5.02 Å². The van der Waals surface area contributed by atoms with Crippen molar-refractivity contribution >= 4 is 29.2 Å². The molecule has 0 saturated carbocycles. The van der Waals surface area contributed by atoms with E-state index in [0.717, 1.165) is 12.5 Å². The standard InChI is InChI=1S/C20H21ClFNO5/c1-3-10-26-17-6-4-5-7-18(17)27-12-19(24)28-13(2)20(25)23-16-9-8-14(21)11-15(16)22/h4-9,11,13H,3,10,12H2,1-2H3,(H,23,25)/t13-/m0/s1. The second-order valence-electron chi connectivity index (χ2n) is 5.83. The van der Waals surface area contributed by atoms with E-state index in [9.17, 15) is 14.0 Å². The number of rotatable bonds is 9. The Balaban J connectivity index is 1.86. The number of halogens is 2. The van der Waals surface area contributed by atoms with Gasteiger partial charge in [0.15, 0.2) is 24.2 Å². The van der Waals surface area contributed by atoms with Crippen molar-refractivity contribution in [2.45, 2.75) is 26.4 Å². The predicted octanol–water partition coefficient (Wildman–Crippen LogP) is 4.22. The summed E-state index contributed by atoms with van der Waals surface area (Å²) in [7, 11) is 0. The Morgan fingerprint density at radius 3 is 2.46 bits per heavy atom. The van der Waals surface area contributed by atoms with Gasteiger partial charge in [-0.05, 0) is 43.7 Å². The van der Waals surface area contributed by atoms with E-state index >= 15 is 0 Å². The van der Waals surface area contributed by atoms with Crippen LogP contribution in [0.15, 0.2) is 42.5 Å². The number of benzene rings is 2. The molecule has 0 heterocycles. The minimum Gasteiger partial charge on any atom is -0.490 e. The van der Waals surface area contributed by atoms with Gasteiger partial charge in [-0.25, -0.2) is 9.18 Å². The highest BCUT2D eigenvalue weighted by molar-refractivity contribution is 6.30. The molecule has 0 fully saturated rings. The molecule has 1 atom stereocenters. The van der Waals surface area contributed by atoms with Crippen LogP contribution in [0, 0.1) is 5.82 Å². The van der Waals surface area contributed by atoms with Crippen molar-refractivity contribution in [1.82, 2.24) is 0 Å². The molecule has 0 aromatic heterocycles. The Hall–Kier alpha value is -2.80. The SMILES string of the molecule is CCCOc1ccccc1OCC(=O)O[C@@H](C)C(=O)Nc1ccc(Cl)cc1F. The van der Waals surface area contributed by atoms with Crippen LogP contribution in [-0.2, 0) is 14.3 Å². The number of anilines is 1. The molecule has 28 heavy (non-hydrogen) atoms. The van der Waals surface area contributed by atoms with Crippen LogP contribution in [0.3, 0.4) is 0 Å². The van der Waals surface area contributed by atoms with Crippen LogP contribution in [0.1, 0.15) is 20.3 Å². The average Bonchev–Trinajstić information content (AvgIpc) is 2.67. The van der Waals surface area contributed by atoms with Crippen molar-refractivity contribution in [3.8, 4) is 11.5 Å². The van der Waals surface area contributed by atoms with E-state index in [1.165, 1.54) is 19.1 Å². The van der Waals surface area contributed by atoms with Gasteiger partial charge in [-0.1, -0.05) is 30.7 Å². The van der Waals surface area contributed by atoms with Crippen molar-refractivity contribution in [1.29, 1.82) is 0 Å². The molecule has 8 heteroatoms. The molecule has 0 radical (unpaired) electrons. The van der Waals surface area contributed by atoms with Crippen molar-refractivity contribution < 1.29 is 28.2 Å². The summed E-state index contributed by atoms with van der Waals surface area (Å²) in [5, 5.41) is 2.54. The summed E-state index contributed by atoms with van der Waals surface area (Å²) in [6, 6.07) is 10.8. The zero-order valence-corrected chi connectivity index (χ0v) is 16.3. The first-order valence-electron chi connectivity index (χ1n) is 8.70. The summed E-state index contributed by atoms with van der Waals surface area (Å²) in [5.74, 6) is -1.20. The second-order valence-corrected chi connectivity index (χ2v) is 6.27. The highest BCUT2D eigenvalue weighted by Crippen LogP contribution is 2.26. The summed E-state index contributed by atoms with van der Waals surface area (Å²) in [4.78, 5) is 24.0. The molecular formula is C20H21ClFNO5. The van der Waals surface area contributed by atoms with Gasteiger partial charge in [-0.3, -0.25) is 4.79 Å². The molecular weight excluding hydrogens is 389 g/mol. The van der Waals surface area contributed by atoms with Crippen molar-refractivity contribution in [2.24, 2.45) is 0 Å². The lowest BCUT2D eigenvalue weighted by molar-refractivity contribution is -0.155. The first-order valence-corrected chi connectivity index (χ1v) is 9.08.